The van der Waals surface area contributed by atoms with Gasteiger partial charge in [0, 0.05) is 36.7 Å². The lowest BCUT2D eigenvalue weighted by atomic mass is 10.1. The molecule has 2 unspecified atom stereocenters. The second kappa shape index (κ2) is 7.14. The van der Waals surface area contributed by atoms with E-state index in [1.54, 1.807) is 0 Å². The molecule has 0 aromatic heterocycles. The second-order valence-electron chi connectivity index (χ2n) is 6.18. The molecule has 4 nitrogen and oxygen atoms in total. The molecule has 1 aromatic carbocycles. The number of benzene rings is 1. The fraction of sp³-hybridized carbons (Fsp3) is 0.647. The van der Waals surface area contributed by atoms with Crippen molar-refractivity contribution in [1.29, 1.82) is 0 Å². The highest BCUT2D eigenvalue weighted by Gasteiger charge is 2.21. The van der Waals surface area contributed by atoms with Gasteiger partial charge >= 0.3 is 0 Å². The van der Waals surface area contributed by atoms with Crippen LogP contribution in [0.5, 0.6) is 11.5 Å². The van der Waals surface area contributed by atoms with Crippen LogP contribution in [-0.2, 0) is 13.0 Å². The van der Waals surface area contributed by atoms with Crippen molar-refractivity contribution in [1.82, 2.24) is 10.2 Å². The zero-order chi connectivity index (χ0) is 15.4. The molecule has 1 aliphatic rings. The summed E-state index contributed by atoms with van der Waals surface area (Å²) in [7, 11) is 4.18. The van der Waals surface area contributed by atoms with Crippen LogP contribution in [0.4, 0.5) is 0 Å². The Morgan fingerprint density at radius 3 is 2.86 bits per heavy atom. The minimum absolute atomic E-state index is 0.269. The lowest BCUT2D eigenvalue weighted by Crippen LogP contribution is -2.35. The van der Waals surface area contributed by atoms with Gasteiger partial charge in [-0.05, 0) is 47.0 Å². The molecule has 21 heavy (non-hydrogen) atoms. The molecule has 0 saturated heterocycles. The first kappa shape index (κ1) is 16.1. The third-order valence-electron chi connectivity index (χ3n) is 3.66. The molecule has 2 rings (SSSR count). The van der Waals surface area contributed by atoms with Gasteiger partial charge in [0.2, 0.25) is 0 Å². The molecule has 0 aliphatic carbocycles. The third-order valence-corrected chi connectivity index (χ3v) is 3.66. The van der Waals surface area contributed by atoms with E-state index in [1.807, 2.05) is 6.92 Å². The average Bonchev–Trinajstić information content (AvgIpc) is 2.74. The van der Waals surface area contributed by atoms with Gasteiger partial charge in [0.25, 0.3) is 0 Å². The Balaban J connectivity index is 2.08. The van der Waals surface area contributed by atoms with Crippen molar-refractivity contribution in [2.75, 3.05) is 27.2 Å². The Morgan fingerprint density at radius 2 is 2.19 bits per heavy atom. The number of rotatable bonds is 7. The smallest absolute Gasteiger partial charge is 0.124 e. The molecule has 2 atom stereocenters. The van der Waals surface area contributed by atoms with Gasteiger partial charge in [0.1, 0.15) is 17.6 Å². The molecular formula is C17H28N2O2. The van der Waals surface area contributed by atoms with Crippen molar-refractivity contribution in [2.45, 2.75) is 45.9 Å². The van der Waals surface area contributed by atoms with Crippen molar-refractivity contribution >= 4 is 0 Å². The van der Waals surface area contributed by atoms with E-state index in [4.69, 9.17) is 9.47 Å². The number of fused-ring (bicyclic) bond motifs is 1. The number of ether oxygens (including phenoxy) is 2. The summed E-state index contributed by atoms with van der Waals surface area (Å²) >= 11 is 0. The summed E-state index contributed by atoms with van der Waals surface area (Å²) in [5.74, 6) is 2.00. The lowest BCUT2D eigenvalue weighted by molar-refractivity contribution is 0.254. The molecule has 0 fully saturated rings. The van der Waals surface area contributed by atoms with Crippen LogP contribution in [0, 0.1) is 0 Å². The molecule has 0 radical (unpaired) electrons. The molecule has 4 heteroatoms. The lowest BCUT2D eigenvalue weighted by Gasteiger charge is -2.19. The zero-order valence-electron chi connectivity index (χ0n) is 13.9. The summed E-state index contributed by atoms with van der Waals surface area (Å²) in [6.45, 7) is 8.84. The summed E-state index contributed by atoms with van der Waals surface area (Å²) in [6, 6.07) is 4.72. The Labute approximate surface area is 128 Å². The molecule has 1 aromatic rings. The van der Waals surface area contributed by atoms with Gasteiger partial charge in [-0.25, -0.2) is 0 Å². The van der Waals surface area contributed by atoms with Crippen LogP contribution >= 0.6 is 0 Å². The van der Waals surface area contributed by atoms with E-state index in [2.05, 4.69) is 50.3 Å². The van der Waals surface area contributed by atoms with E-state index in [9.17, 15) is 0 Å². The van der Waals surface area contributed by atoms with Crippen molar-refractivity contribution in [2.24, 2.45) is 0 Å². The van der Waals surface area contributed by atoms with E-state index >= 15 is 0 Å². The van der Waals surface area contributed by atoms with Crippen LogP contribution < -0.4 is 14.8 Å². The maximum Gasteiger partial charge on any atom is 0.124 e. The second-order valence-corrected chi connectivity index (χ2v) is 6.18. The van der Waals surface area contributed by atoms with Crippen molar-refractivity contribution in [3.05, 3.63) is 23.3 Å². The third kappa shape index (κ3) is 4.35. The first-order valence-electron chi connectivity index (χ1n) is 7.83. The van der Waals surface area contributed by atoms with E-state index in [1.165, 1.54) is 11.1 Å². The highest BCUT2D eigenvalue weighted by Crippen LogP contribution is 2.35. The predicted molar refractivity (Wildman–Crippen MR) is 86.3 cm³/mol. The van der Waals surface area contributed by atoms with E-state index in [0.717, 1.165) is 31.0 Å². The highest BCUT2D eigenvalue weighted by atomic mass is 16.5. The quantitative estimate of drug-likeness (QED) is 0.837. The maximum atomic E-state index is 5.86. The van der Waals surface area contributed by atoms with Crippen LogP contribution in [0.25, 0.3) is 0 Å². The maximum absolute atomic E-state index is 5.86. The molecule has 0 bridgehead atoms. The standard InChI is InChI=1S/C17H28N2O2/c1-6-20-16-8-14-7-13(3)21-17(14)9-15(16)10-18-12(2)11-19(4)5/h8-9,12-13,18H,6-7,10-11H2,1-5H3. The summed E-state index contributed by atoms with van der Waals surface area (Å²) in [4.78, 5) is 2.19. The number of nitrogens with one attached hydrogen (secondary N) is 1. The Bertz CT molecular complexity index is 474. The number of hydrogen-bond donors (Lipinski definition) is 1. The Morgan fingerprint density at radius 1 is 1.43 bits per heavy atom. The molecule has 118 valence electrons. The molecule has 1 N–H and O–H groups in total. The Hall–Kier alpha value is -1.26. The van der Waals surface area contributed by atoms with E-state index < -0.39 is 0 Å². The van der Waals surface area contributed by atoms with Gasteiger partial charge in [0.15, 0.2) is 0 Å². The number of hydrogen-bond acceptors (Lipinski definition) is 4. The zero-order valence-corrected chi connectivity index (χ0v) is 13.9. The summed E-state index contributed by atoms with van der Waals surface area (Å²) in [5.41, 5.74) is 2.44. The van der Waals surface area contributed by atoms with Gasteiger partial charge in [-0.1, -0.05) is 0 Å². The molecular weight excluding hydrogens is 264 g/mol. The molecule has 0 saturated carbocycles. The van der Waals surface area contributed by atoms with Gasteiger partial charge in [-0.15, -0.1) is 0 Å². The van der Waals surface area contributed by atoms with Crippen LogP contribution in [0.2, 0.25) is 0 Å². The number of likely N-dealkylation sites (N-methyl/N-ethyl adjacent to an activating group) is 1. The normalized spacial score (nSPS) is 18.5. The first-order valence-corrected chi connectivity index (χ1v) is 7.83. The SMILES string of the molecule is CCOc1cc2c(cc1CNC(C)CN(C)C)OC(C)C2. The first-order chi connectivity index (χ1) is 9.99. The minimum Gasteiger partial charge on any atom is -0.494 e. The fourth-order valence-corrected chi connectivity index (χ4v) is 2.81. The minimum atomic E-state index is 0.269. The van der Waals surface area contributed by atoms with Crippen LogP contribution in [-0.4, -0.2) is 44.3 Å². The van der Waals surface area contributed by atoms with Crippen LogP contribution in [0.1, 0.15) is 31.9 Å². The number of nitrogens with zero attached hydrogens (tertiary/aromatic N) is 1. The highest BCUT2D eigenvalue weighted by molar-refractivity contribution is 5.48. The molecule has 1 heterocycles. The van der Waals surface area contributed by atoms with Crippen molar-refractivity contribution < 1.29 is 9.47 Å². The van der Waals surface area contributed by atoms with Crippen LogP contribution in [0.15, 0.2) is 12.1 Å². The van der Waals surface area contributed by atoms with Crippen molar-refractivity contribution in [3.8, 4) is 11.5 Å². The van der Waals surface area contributed by atoms with Gasteiger partial charge in [-0.2, -0.15) is 0 Å². The average molecular weight is 292 g/mol. The Kier molecular flexibility index (Phi) is 5.48. The predicted octanol–water partition coefficient (Wildman–Crippen LogP) is 2.45. The van der Waals surface area contributed by atoms with Gasteiger partial charge < -0.3 is 19.7 Å². The van der Waals surface area contributed by atoms with E-state index in [0.29, 0.717) is 12.6 Å². The topological polar surface area (TPSA) is 33.7 Å². The summed E-state index contributed by atoms with van der Waals surface area (Å²) < 4.78 is 11.7. The molecule has 1 aliphatic heterocycles. The molecule has 0 spiro atoms. The summed E-state index contributed by atoms with van der Waals surface area (Å²) in [6.07, 6.45) is 1.24. The van der Waals surface area contributed by atoms with E-state index in [-0.39, 0.29) is 6.10 Å². The summed E-state index contributed by atoms with van der Waals surface area (Å²) in [5, 5.41) is 3.55. The molecule has 0 amide bonds. The van der Waals surface area contributed by atoms with Gasteiger partial charge in [0.05, 0.1) is 6.61 Å². The van der Waals surface area contributed by atoms with Crippen LogP contribution in [0.3, 0.4) is 0 Å². The fourth-order valence-electron chi connectivity index (χ4n) is 2.81. The monoisotopic (exact) mass is 292 g/mol. The largest absolute Gasteiger partial charge is 0.494 e. The van der Waals surface area contributed by atoms with Gasteiger partial charge in [-0.3, -0.25) is 0 Å². The van der Waals surface area contributed by atoms with Crippen molar-refractivity contribution in [3.63, 3.8) is 0 Å².